The summed E-state index contributed by atoms with van der Waals surface area (Å²) in [6, 6.07) is 4.01. The molecule has 0 saturated carbocycles. The number of hydrogen-bond acceptors (Lipinski definition) is 5. The number of H-pyrrole nitrogens is 1. The number of nitrogens with zero attached hydrogens (tertiary/aromatic N) is 4. The maximum atomic E-state index is 12.6. The number of amides is 1. The van der Waals surface area contributed by atoms with Gasteiger partial charge in [0.1, 0.15) is 0 Å². The van der Waals surface area contributed by atoms with Crippen molar-refractivity contribution in [1.29, 1.82) is 0 Å². The Bertz CT molecular complexity index is 757. The van der Waals surface area contributed by atoms with Crippen LogP contribution in [-0.2, 0) is 11.3 Å². The van der Waals surface area contributed by atoms with Crippen molar-refractivity contribution in [3.05, 3.63) is 22.3 Å². The minimum absolute atomic E-state index is 0.203. The van der Waals surface area contributed by atoms with Crippen LogP contribution in [-0.4, -0.2) is 63.2 Å². The molecular weight excluding hydrogens is 366 g/mol. The molecule has 0 aliphatic carbocycles. The molecule has 142 valence electrons. The number of hydrogen-bond donors (Lipinski definition) is 1. The quantitative estimate of drug-likeness (QED) is 0.734. The van der Waals surface area contributed by atoms with Gasteiger partial charge in [0.25, 0.3) is 0 Å². The van der Waals surface area contributed by atoms with E-state index >= 15 is 0 Å². The Hall–Kier alpha value is -1.51. The predicted molar refractivity (Wildman–Crippen MR) is 108 cm³/mol. The number of carbonyl (C=O) groups excluding carboxylic acids is 1. The van der Waals surface area contributed by atoms with Crippen LogP contribution in [0.25, 0.3) is 10.7 Å². The summed E-state index contributed by atoms with van der Waals surface area (Å²) >= 11 is 6.96. The van der Waals surface area contributed by atoms with Gasteiger partial charge in [-0.2, -0.15) is 5.10 Å². The summed E-state index contributed by atoms with van der Waals surface area (Å²) < 4.78 is 2.50. The van der Waals surface area contributed by atoms with Crippen molar-refractivity contribution in [2.24, 2.45) is 5.92 Å². The normalized spacial score (nSPS) is 15.7. The molecule has 1 amide bonds. The molecule has 1 fully saturated rings. The van der Waals surface area contributed by atoms with Crippen molar-refractivity contribution in [2.75, 3.05) is 32.7 Å². The molecule has 0 bridgehead atoms. The third-order valence-corrected chi connectivity index (χ3v) is 5.97. The summed E-state index contributed by atoms with van der Waals surface area (Å²) in [5.41, 5.74) is 0. The molecule has 1 aliphatic rings. The number of nitrogens with one attached hydrogen (secondary N) is 1. The third kappa shape index (κ3) is 4.81. The molecule has 6 nitrogen and oxygen atoms in total. The second-order valence-electron chi connectivity index (χ2n) is 7.14. The van der Waals surface area contributed by atoms with Crippen LogP contribution in [0.5, 0.6) is 0 Å². The molecule has 3 rings (SSSR count). The lowest BCUT2D eigenvalue weighted by atomic mass is 10.1. The fourth-order valence-electron chi connectivity index (χ4n) is 3.15. The third-order valence-electron chi connectivity index (χ3n) is 4.80. The zero-order valence-corrected chi connectivity index (χ0v) is 17.1. The zero-order chi connectivity index (χ0) is 18.5. The summed E-state index contributed by atoms with van der Waals surface area (Å²) in [5.74, 6) is 1.75. The molecule has 3 heterocycles. The number of rotatable bonds is 7. The maximum absolute atomic E-state index is 12.6. The van der Waals surface area contributed by atoms with E-state index in [2.05, 4.69) is 28.9 Å². The molecule has 1 aliphatic heterocycles. The van der Waals surface area contributed by atoms with Crippen LogP contribution in [0, 0.1) is 10.7 Å². The van der Waals surface area contributed by atoms with Crippen LogP contribution in [0.4, 0.5) is 0 Å². The first-order valence-electron chi connectivity index (χ1n) is 9.24. The fourth-order valence-corrected chi connectivity index (χ4v) is 4.09. The SMILES string of the molecule is CC(C)CCN1CCN(C(=O)CCn2c(-c3cccs3)n[nH]c2=S)CC1. The van der Waals surface area contributed by atoms with Gasteiger partial charge in [0.2, 0.25) is 5.91 Å². The Morgan fingerprint density at radius 1 is 1.31 bits per heavy atom. The van der Waals surface area contributed by atoms with Gasteiger partial charge in [-0.3, -0.25) is 19.4 Å². The standard InChI is InChI=1S/C18H27N5OS2/c1-14(2)5-7-21-9-11-22(12-10-21)16(24)6-8-23-17(19-20-18(23)25)15-4-3-13-26-15/h3-4,13-14H,5-12H2,1-2H3,(H,20,25). The Morgan fingerprint density at radius 2 is 2.08 bits per heavy atom. The summed E-state index contributed by atoms with van der Waals surface area (Å²) in [4.78, 5) is 18.1. The Kier molecular flexibility index (Phi) is 6.61. The number of thiophene rings is 1. The van der Waals surface area contributed by atoms with Gasteiger partial charge in [-0.15, -0.1) is 11.3 Å². The fraction of sp³-hybridized carbons (Fsp3) is 0.611. The van der Waals surface area contributed by atoms with E-state index in [0.717, 1.165) is 49.3 Å². The van der Waals surface area contributed by atoms with Gasteiger partial charge < -0.3 is 4.90 Å². The molecule has 1 saturated heterocycles. The number of piperazine rings is 1. The van der Waals surface area contributed by atoms with Crippen LogP contribution in [0.15, 0.2) is 17.5 Å². The largest absolute Gasteiger partial charge is 0.340 e. The van der Waals surface area contributed by atoms with E-state index in [1.54, 1.807) is 11.3 Å². The summed E-state index contributed by atoms with van der Waals surface area (Å²) in [6.07, 6.45) is 1.68. The minimum Gasteiger partial charge on any atom is -0.340 e. The van der Waals surface area contributed by atoms with E-state index in [4.69, 9.17) is 12.2 Å². The van der Waals surface area contributed by atoms with Crippen molar-refractivity contribution >= 4 is 29.5 Å². The highest BCUT2D eigenvalue weighted by molar-refractivity contribution is 7.71. The molecule has 8 heteroatoms. The van der Waals surface area contributed by atoms with Crippen LogP contribution >= 0.6 is 23.6 Å². The maximum Gasteiger partial charge on any atom is 0.224 e. The first-order valence-corrected chi connectivity index (χ1v) is 10.5. The molecule has 0 radical (unpaired) electrons. The van der Waals surface area contributed by atoms with E-state index in [1.165, 1.54) is 6.42 Å². The lowest BCUT2D eigenvalue weighted by Crippen LogP contribution is -2.49. The van der Waals surface area contributed by atoms with Gasteiger partial charge in [-0.1, -0.05) is 19.9 Å². The van der Waals surface area contributed by atoms with Crippen molar-refractivity contribution < 1.29 is 4.79 Å². The molecule has 0 unspecified atom stereocenters. The van der Waals surface area contributed by atoms with Gasteiger partial charge in [-0.25, -0.2) is 0 Å². The van der Waals surface area contributed by atoms with Crippen LogP contribution in [0.2, 0.25) is 0 Å². The van der Waals surface area contributed by atoms with Gasteiger partial charge in [0.05, 0.1) is 4.88 Å². The molecule has 0 aromatic carbocycles. The molecule has 1 N–H and O–H groups in total. The van der Waals surface area contributed by atoms with Crippen molar-refractivity contribution in [1.82, 2.24) is 24.6 Å². The molecule has 2 aromatic heterocycles. The highest BCUT2D eigenvalue weighted by atomic mass is 32.1. The van der Waals surface area contributed by atoms with Crippen molar-refractivity contribution in [2.45, 2.75) is 33.2 Å². The van der Waals surface area contributed by atoms with E-state index in [9.17, 15) is 4.79 Å². The van der Waals surface area contributed by atoms with Crippen molar-refractivity contribution in [3.8, 4) is 10.7 Å². The summed E-state index contributed by atoms with van der Waals surface area (Å²) in [7, 11) is 0. The van der Waals surface area contributed by atoms with E-state index in [-0.39, 0.29) is 5.91 Å². The molecule has 0 atom stereocenters. The second-order valence-corrected chi connectivity index (χ2v) is 8.47. The highest BCUT2D eigenvalue weighted by Gasteiger charge is 2.21. The van der Waals surface area contributed by atoms with E-state index in [1.807, 2.05) is 27.0 Å². The average molecular weight is 394 g/mol. The Balaban J connectivity index is 1.51. The highest BCUT2D eigenvalue weighted by Crippen LogP contribution is 2.23. The molecule has 0 spiro atoms. The van der Waals surface area contributed by atoms with Gasteiger partial charge in [0, 0.05) is 39.1 Å². The van der Waals surface area contributed by atoms with Gasteiger partial charge in [-0.05, 0) is 42.5 Å². The summed E-state index contributed by atoms with van der Waals surface area (Å²) in [6.45, 7) is 9.81. The zero-order valence-electron chi connectivity index (χ0n) is 15.5. The first kappa shape index (κ1) is 19.3. The van der Waals surface area contributed by atoms with Crippen LogP contribution in [0.3, 0.4) is 0 Å². The van der Waals surface area contributed by atoms with E-state index < -0.39 is 0 Å². The predicted octanol–water partition coefficient (Wildman–Crippen LogP) is 3.25. The smallest absolute Gasteiger partial charge is 0.224 e. The topological polar surface area (TPSA) is 57.2 Å². The van der Waals surface area contributed by atoms with Crippen molar-refractivity contribution in [3.63, 3.8) is 0 Å². The lowest BCUT2D eigenvalue weighted by Gasteiger charge is -2.35. The molecular formula is C18H27N5OS2. The van der Waals surface area contributed by atoms with Crippen LogP contribution in [0.1, 0.15) is 26.7 Å². The van der Waals surface area contributed by atoms with E-state index in [0.29, 0.717) is 17.7 Å². The number of carbonyl (C=O) groups is 1. The van der Waals surface area contributed by atoms with Gasteiger partial charge >= 0.3 is 0 Å². The first-order chi connectivity index (χ1) is 12.5. The molecule has 2 aromatic rings. The molecule has 26 heavy (non-hydrogen) atoms. The van der Waals surface area contributed by atoms with Crippen LogP contribution < -0.4 is 0 Å². The average Bonchev–Trinajstić information content (AvgIpc) is 3.28. The Labute approximate surface area is 163 Å². The Morgan fingerprint density at radius 3 is 2.73 bits per heavy atom. The summed E-state index contributed by atoms with van der Waals surface area (Å²) in [5, 5.41) is 9.18. The monoisotopic (exact) mass is 393 g/mol. The lowest BCUT2D eigenvalue weighted by molar-refractivity contribution is -0.133. The second kappa shape index (κ2) is 8.92. The van der Waals surface area contributed by atoms with Gasteiger partial charge in [0.15, 0.2) is 10.6 Å². The number of aromatic amines is 1. The number of aromatic nitrogens is 3. The minimum atomic E-state index is 0.203.